The summed E-state index contributed by atoms with van der Waals surface area (Å²) in [5.74, 6) is 0.620. The van der Waals surface area contributed by atoms with E-state index in [1.54, 1.807) is 0 Å². The molecule has 1 aromatic carbocycles. The molecule has 0 bridgehead atoms. The highest BCUT2D eigenvalue weighted by Gasteiger charge is 2.24. The van der Waals surface area contributed by atoms with E-state index in [0.717, 1.165) is 51.5 Å². The van der Waals surface area contributed by atoms with E-state index in [9.17, 15) is 9.90 Å². The van der Waals surface area contributed by atoms with Crippen molar-refractivity contribution in [3.05, 3.63) is 29.8 Å². The lowest BCUT2D eigenvalue weighted by atomic mass is 9.84. The Kier molecular flexibility index (Phi) is 8.34. The van der Waals surface area contributed by atoms with E-state index in [-0.39, 0.29) is 18.4 Å². The Balaban J connectivity index is 1.36. The number of amides is 1. The number of hydrogen-bond acceptors (Lipinski definition) is 5. The van der Waals surface area contributed by atoms with Crippen LogP contribution in [0.1, 0.15) is 57.9 Å². The summed E-state index contributed by atoms with van der Waals surface area (Å²) in [5, 5.41) is 21.7. The van der Waals surface area contributed by atoms with Crippen LogP contribution < -0.4 is 10.2 Å². The van der Waals surface area contributed by atoms with E-state index in [1.807, 2.05) is 19.9 Å². The van der Waals surface area contributed by atoms with Crippen LogP contribution in [0.25, 0.3) is 0 Å². The zero-order valence-electron chi connectivity index (χ0n) is 19.1. The summed E-state index contributed by atoms with van der Waals surface area (Å²) >= 11 is 0. The number of benzene rings is 1. The molecule has 0 radical (unpaired) electrons. The highest BCUT2D eigenvalue weighted by atomic mass is 16.3. The number of piperazine rings is 1. The average molecular weight is 427 g/mol. The lowest BCUT2D eigenvalue weighted by Gasteiger charge is -2.37. The van der Waals surface area contributed by atoms with Gasteiger partial charge in [0.2, 0.25) is 5.91 Å². The predicted molar refractivity (Wildman–Crippen MR) is 124 cm³/mol. The van der Waals surface area contributed by atoms with Gasteiger partial charge in [0.15, 0.2) is 0 Å². The first kappa shape index (κ1) is 23.6. The molecule has 0 spiro atoms. The largest absolute Gasteiger partial charge is 0.390 e. The number of anilines is 1. The zero-order valence-corrected chi connectivity index (χ0v) is 19.1. The number of aliphatic hydroxyl groups is 1. The monoisotopic (exact) mass is 426 g/mol. The van der Waals surface area contributed by atoms with Crippen LogP contribution in [0.3, 0.4) is 0 Å². The van der Waals surface area contributed by atoms with Gasteiger partial charge in [-0.2, -0.15) is 5.26 Å². The maximum absolute atomic E-state index is 11.6. The molecule has 1 aliphatic carbocycles. The van der Waals surface area contributed by atoms with Gasteiger partial charge in [-0.25, -0.2) is 0 Å². The predicted octanol–water partition coefficient (Wildman–Crippen LogP) is 3.10. The molecule has 1 aromatic rings. The third kappa shape index (κ3) is 7.83. The molecular weight excluding hydrogens is 388 g/mol. The van der Waals surface area contributed by atoms with Crippen molar-refractivity contribution >= 4 is 11.6 Å². The quantitative estimate of drug-likeness (QED) is 0.668. The molecular formula is C25H38N4O2. The number of hydrogen-bond donors (Lipinski definition) is 2. The van der Waals surface area contributed by atoms with E-state index in [4.69, 9.17) is 5.26 Å². The Morgan fingerprint density at radius 2 is 1.90 bits per heavy atom. The molecule has 1 saturated carbocycles. The first-order valence-corrected chi connectivity index (χ1v) is 11.8. The molecule has 2 N–H and O–H groups in total. The Hall–Kier alpha value is -2.10. The van der Waals surface area contributed by atoms with E-state index in [1.165, 1.54) is 30.5 Å². The van der Waals surface area contributed by atoms with E-state index in [2.05, 4.69) is 39.4 Å². The Morgan fingerprint density at radius 3 is 2.55 bits per heavy atom. The van der Waals surface area contributed by atoms with Gasteiger partial charge in [0.05, 0.1) is 11.7 Å². The lowest BCUT2D eigenvalue weighted by molar-refractivity contribution is -0.121. The fraction of sp³-hybridized carbons (Fsp3) is 0.680. The number of nitrogens with one attached hydrogen (secondary N) is 1. The van der Waals surface area contributed by atoms with Gasteiger partial charge in [0.25, 0.3) is 0 Å². The number of carbonyl (C=O) groups is 1. The van der Waals surface area contributed by atoms with Gasteiger partial charge in [-0.05, 0) is 76.1 Å². The van der Waals surface area contributed by atoms with Crippen molar-refractivity contribution in [1.82, 2.24) is 10.2 Å². The normalized spacial score (nSPS) is 22.7. The summed E-state index contributed by atoms with van der Waals surface area (Å²) < 4.78 is 0. The second-order valence-corrected chi connectivity index (χ2v) is 9.90. The standard InChI is InChI=1S/C25H38N4O2/c1-25(2,31)19-21-4-3-5-23(18-21)29-16-14-28(15-17-29)13-11-20-6-8-22(9-7-20)27-24(30)10-12-26/h3-5,18,20,22,31H,6-11,13-17,19H2,1-2H3,(H,27,30). The first-order valence-electron chi connectivity index (χ1n) is 11.8. The molecule has 2 fully saturated rings. The highest BCUT2D eigenvalue weighted by Crippen LogP contribution is 2.27. The maximum Gasteiger partial charge on any atom is 0.234 e. The molecule has 170 valence electrons. The molecule has 1 heterocycles. The molecule has 0 aromatic heterocycles. The number of rotatable bonds is 8. The van der Waals surface area contributed by atoms with Crippen molar-refractivity contribution in [3.63, 3.8) is 0 Å². The molecule has 2 aliphatic rings. The lowest BCUT2D eigenvalue weighted by Crippen LogP contribution is -2.47. The summed E-state index contributed by atoms with van der Waals surface area (Å²) in [5.41, 5.74) is 1.77. The summed E-state index contributed by atoms with van der Waals surface area (Å²) in [4.78, 5) is 16.6. The third-order valence-electron chi connectivity index (χ3n) is 6.59. The van der Waals surface area contributed by atoms with Crippen LogP contribution in [-0.4, -0.2) is 60.3 Å². The average Bonchev–Trinajstić information content (AvgIpc) is 2.73. The van der Waals surface area contributed by atoms with Crippen molar-refractivity contribution in [3.8, 4) is 6.07 Å². The minimum Gasteiger partial charge on any atom is -0.390 e. The van der Waals surface area contributed by atoms with Crippen LogP contribution in [0.2, 0.25) is 0 Å². The minimum atomic E-state index is -0.682. The van der Waals surface area contributed by atoms with Crippen molar-refractivity contribution in [2.75, 3.05) is 37.6 Å². The van der Waals surface area contributed by atoms with E-state index >= 15 is 0 Å². The van der Waals surface area contributed by atoms with Crippen molar-refractivity contribution in [2.24, 2.45) is 5.92 Å². The number of nitrogens with zero attached hydrogens (tertiary/aromatic N) is 3. The topological polar surface area (TPSA) is 79.6 Å². The van der Waals surface area contributed by atoms with Gasteiger partial charge in [-0.3, -0.25) is 9.69 Å². The Bertz CT molecular complexity index is 752. The van der Waals surface area contributed by atoms with Crippen LogP contribution in [0, 0.1) is 17.2 Å². The fourth-order valence-electron chi connectivity index (χ4n) is 4.90. The molecule has 6 nitrogen and oxygen atoms in total. The van der Waals surface area contributed by atoms with Gasteiger partial charge >= 0.3 is 0 Å². The molecule has 1 aliphatic heterocycles. The zero-order chi connectivity index (χ0) is 22.3. The van der Waals surface area contributed by atoms with Crippen molar-refractivity contribution in [2.45, 2.75) is 70.4 Å². The second kappa shape index (κ2) is 11.0. The van der Waals surface area contributed by atoms with Crippen LogP contribution in [0.4, 0.5) is 5.69 Å². The van der Waals surface area contributed by atoms with Crippen molar-refractivity contribution in [1.29, 1.82) is 5.26 Å². The summed E-state index contributed by atoms with van der Waals surface area (Å²) in [6.07, 6.45) is 6.30. The van der Waals surface area contributed by atoms with Gasteiger partial charge in [-0.1, -0.05) is 12.1 Å². The molecule has 3 rings (SSSR count). The van der Waals surface area contributed by atoms with Gasteiger partial charge in [-0.15, -0.1) is 0 Å². The smallest absolute Gasteiger partial charge is 0.234 e. The molecule has 1 amide bonds. The van der Waals surface area contributed by atoms with Gasteiger partial charge < -0.3 is 15.3 Å². The summed E-state index contributed by atoms with van der Waals surface area (Å²) in [6.45, 7) is 9.14. The van der Waals surface area contributed by atoms with Crippen LogP contribution in [-0.2, 0) is 11.2 Å². The molecule has 0 atom stereocenters. The van der Waals surface area contributed by atoms with Crippen LogP contribution >= 0.6 is 0 Å². The van der Waals surface area contributed by atoms with Gasteiger partial charge in [0.1, 0.15) is 6.42 Å². The first-order chi connectivity index (χ1) is 14.8. The molecule has 6 heteroatoms. The van der Waals surface area contributed by atoms with Crippen molar-refractivity contribution < 1.29 is 9.90 Å². The second-order valence-electron chi connectivity index (χ2n) is 9.90. The minimum absolute atomic E-state index is 0.0321. The summed E-state index contributed by atoms with van der Waals surface area (Å²) in [6, 6.07) is 10.8. The third-order valence-corrected chi connectivity index (χ3v) is 6.59. The van der Waals surface area contributed by atoms with Crippen LogP contribution in [0.15, 0.2) is 24.3 Å². The number of carbonyl (C=O) groups excluding carboxylic acids is 1. The number of nitriles is 1. The summed E-state index contributed by atoms with van der Waals surface area (Å²) in [7, 11) is 0. The maximum atomic E-state index is 11.6. The highest BCUT2D eigenvalue weighted by molar-refractivity contribution is 5.78. The molecule has 31 heavy (non-hydrogen) atoms. The Labute approximate surface area is 187 Å². The van der Waals surface area contributed by atoms with E-state index in [0.29, 0.717) is 6.42 Å². The Morgan fingerprint density at radius 1 is 1.19 bits per heavy atom. The van der Waals surface area contributed by atoms with E-state index < -0.39 is 5.60 Å². The van der Waals surface area contributed by atoms with Crippen LogP contribution in [0.5, 0.6) is 0 Å². The molecule has 0 unspecified atom stereocenters. The van der Waals surface area contributed by atoms with Gasteiger partial charge in [0, 0.05) is 44.3 Å². The SMILES string of the molecule is CC(C)(O)Cc1cccc(N2CCN(CCC3CCC(NC(=O)CC#N)CC3)CC2)c1. The molecule has 1 saturated heterocycles. The fourth-order valence-corrected chi connectivity index (χ4v) is 4.90.